The molecule has 0 aliphatic heterocycles. The van der Waals surface area contributed by atoms with Crippen LogP contribution in [0.2, 0.25) is 0 Å². The lowest BCUT2D eigenvalue weighted by Gasteiger charge is -2.08. The molecule has 0 fully saturated rings. The predicted molar refractivity (Wildman–Crippen MR) is 107 cm³/mol. The number of pyridine rings is 1. The molecule has 0 saturated carbocycles. The number of hydrogen-bond donors (Lipinski definition) is 1. The molecule has 0 spiro atoms. The van der Waals surface area contributed by atoms with Crippen molar-refractivity contribution in [1.82, 2.24) is 4.40 Å². The molecule has 0 bridgehead atoms. The monoisotopic (exact) mass is 401 g/mol. The first-order valence-corrected chi connectivity index (χ1v) is 8.89. The molecular formula is C23H13F2N3O2. The Hall–Kier alpha value is -4.31. The third-order valence-corrected chi connectivity index (χ3v) is 4.58. The third kappa shape index (κ3) is 3.42. The van der Waals surface area contributed by atoms with Crippen LogP contribution in [0.25, 0.3) is 16.6 Å². The van der Waals surface area contributed by atoms with Crippen LogP contribution in [-0.4, -0.2) is 16.1 Å². The summed E-state index contributed by atoms with van der Waals surface area (Å²) in [5.74, 6) is -3.75. The summed E-state index contributed by atoms with van der Waals surface area (Å²) in [4.78, 5) is 25.7. The first-order chi connectivity index (χ1) is 14.5. The molecule has 5 nitrogen and oxygen atoms in total. The van der Waals surface area contributed by atoms with Crippen molar-refractivity contribution in [2.24, 2.45) is 0 Å². The van der Waals surface area contributed by atoms with Crippen molar-refractivity contribution in [3.8, 4) is 17.2 Å². The molecule has 2 aromatic heterocycles. The molecule has 0 unspecified atom stereocenters. The number of carbonyl (C=O) groups is 2. The number of ketones is 1. The van der Waals surface area contributed by atoms with Gasteiger partial charge in [-0.15, -0.1) is 0 Å². The van der Waals surface area contributed by atoms with E-state index < -0.39 is 23.3 Å². The normalized spacial score (nSPS) is 10.6. The fourth-order valence-electron chi connectivity index (χ4n) is 3.21. The van der Waals surface area contributed by atoms with Gasteiger partial charge in [-0.1, -0.05) is 18.2 Å². The zero-order chi connectivity index (χ0) is 21.3. The molecule has 0 saturated heterocycles. The highest BCUT2D eigenvalue weighted by atomic mass is 19.1. The van der Waals surface area contributed by atoms with Gasteiger partial charge in [0.1, 0.15) is 17.3 Å². The van der Waals surface area contributed by atoms with E-state index in [-0.39, 0.29) is 11.4 Å². The van der Waals surface area contributed by atoms with Gasteiger partial charge in [0, 0.05) is 23.3 Å². The lowest BCUT2D eigenvalue weighted by molar-refractivity contribution is -0.112. The molecule has 7 heteroatoms. The lowest BCUT2D eigenvalue weighted by atomic mass is 10.0. The van der Waals surface area contributed by atoms with Gasteiger partial charge in [-0.3, -0.25) is 9.59 Å². The van der Waals surface area contributed by atoms with Crippen LogP contribution >= 0.6 is 0 Å². The second-order valence-electron chi connectivity index (χ2n) is 6.50. The highest BCUT2D eigenvalue weighted by Crippen LogP contribution is 2.29. The maximum atomic E-state index is 13.9. The van der Waals surface area contributed by atoms with E-state index in [9.17, 15) is 23.6 Å². The van der Waals surface area contributed by atoms with Crippen LogP contribution in [0, 0.1) is 23.0 Å². The van der Waals surface area contributed by atoms with Crippen molar-refractivity contribution in [3.63, 3.8) is 0 Å². The first kappa shape index (κ1) is 19.0. The molecule has 0 radical (unpaired) electrons. The summed E-state index contributed by atoms with van der Waals surface area (Å²) in [6, 6.07) is 18.3. The third-order valence-electron chi connectivity index (χ3n) is 4.58. The minimum Gasteiger partial charge on any atom is -0.317 e. The van der Waals surface area contributed by atoms with Crippen LogP contribution in [0.15, 0.2) is 72.9 Å². The molecule has 4 aromatic rings. The zero-order valence-corrected chi connectivity index (χ0v) is 15.4. The van der Waals surface area contributed by atoms with E-state index in [1.165, 1.54) is 0 Å². The van der Waals surface area contributed by atoms with E-state index in [4.69, 9.17) is 0 Å². The summed E-state index contributed by atoms with van der Waals surface area (Å²) in [5.41, 5.74) is 1.88. The Morgan fingerprint density at radius 2 is 1.80 bits per heavy atom. The summed E-state index contributed by atoms with van der Waals surface area (Å²) in [7, 11) is 0. The number of Topliss-reactive ketones (excluding diaryl/α,β-unsaturated/α-hetero) is 1. The number of carbonyl (C=O) groups excluding carboxylic acids is 2. The summed E-state index contributed by atoms with van der Waals surface area (Å²) >= 11 is 0. The van der Waals surface area contributed by atoms with E-state index in [0.29, 0.717) is 28.3 Å². The van der Waals surface area contributed by atoms with Gasteiger partial charge >= 0.3 is 0 Å². The molecule has 2 aromatic carbocycles. The first-order valence-electron chi connectivity index (χ1n) is 8.89. The Kier molecular flexibility index (Phi) is 4.82. The number of benzene rings is 2. The number of hydrogen-bond acceptors (Lipinski definition) is 3. The van der Waals surface area contributed by atoms with Crippen molar-refractivity contribution in [3.05, 3.63) is 95.8 Å². The molecular weight excluding hydrogens is 388 g/mol. The zero-order valence-electron chi connectivity index (χ0n) is 15.4. The number of fused-ring (bicyclic) bond motifs is 1. The molecule has 0 aliphatic carbocycles. The summed E-state index contributed by atoms with van der Waals surface area (Å²) in [6.45, 7) is 0. The molecule has 4 rings (SSSR count). The topological polar surface area (TPSA) is 74.4 Å². The minimum atomic E-state index is -1.07. The van der Waals surface area contributed by atoms with Gasteiger partial charge in [0.15, 0.2) is 0 Å². The predicted octanol–water partition coefficient (Wildman–Crippen LogP) is 4.58. The number of amides is 1. The molecule has 0 aliphatic rings. The average molecular weight is 401 g/mol. The average Bonchev–Trinajstić information content (AvgIpc) is 3.14. The van der Waals surface area contributed by atoms with Crippen molar-refractivity contribution in [2.75, 3.05) is 5.32 Å². The van der Waals surface area contributed by atoms with Crippen LogP contribution in [0.4, 0.5) is 14.5 Å². The summed E-state index contributed by atoms with van der Waals surface area (Å²) < 4.78 is 28.5. The number of nitriles is 1. The number of rotatable bonds is 4. The number of anilines is 1. The lowest BCUT2D eigenvalue weighted by Crippen LogP contribution is -2.25. The SMILES string of the molecule is N#Cc1cccc(-c2cc3ccccn3c2C(=O)C(=O)Nc2ccc(F)cc2F)c1. The van der Waals surface area contributed by atoms with Gasteiger partial charge < -0.3 is 9.72 Å². The molecule has 1 N–H and O–H groups in total. The van der Waals surface area contributed by atoms with E-state index in [1.807, 2.05) is 6.07 Å². The Bertz CT molecular complexity index is 1350. The van der Waals surface area contributed by atoms with Crippen LogP contribution in [0.3, 0.4) is 0 Å². The van der Waals surface area contributed by atoms with Crippen LogP contribution < -0.4 is 5.32 Å². The van der Waals surface area contributed by atoms with Gasteiger partial charge in [-0.05, 0) is 48.0 Å². The highest BCUT2D eigenvalue weighted by Gasteiger charge is 2.25. The Morgan fingerprint density at radius 1 is 0.967 bits per heavy atom. The van der Waals surface area contributed by atoms with Crippen LogP contribution in [0.1, 0.15) is 16.1 Å². The van der Waals surface area contributed by atoms with Gasteiger partial charge in [0.25, 0.3) is 11.7 Å². The van der Waals surface area contributed by atoms with Crippen molar-refractivity contribution >= 4 is 22.9 Å². The van der Waals surface area contributed by atoms with Gasteiger partial charge in [-0.2, -0.15) is 5.26 Å². The summed E-state index contributed by atoms with van der Waals surface area (Å²) in [5, 5.41) is 11.4. The Morgan fingerprint density at radius 3 is 2.57 bits per heavy atom. The van der Waals surface area contributed by atoms with Gasteiger partial charge in [0.2, 0.25) is 0 Å². The summed E-state index contributed by atoms with van der Waals surface area (Å²) in [6.07, 6.45) is 1.63. The van der Waals surface area contributed by atoms with E-state index in [1.54, 1.807) is 59.1 Å². The van der Waals surface area contributed by atoms with E-state index in [0.717, 1.165) is 12.1 Å². The van der Waals surface area contributed by atoms with Gasteiger partial charge in [-0.25, -0.2) is 8.78 Å². The molecule has 1 amide bonds. The largest absolute Gasteiger partial charge is 0.317 e. The molecule has 146 valence electrons. The number of nitrogens with zero attached hydrogens (tertiary/aromatic N) is 2. The van der Waals surface area contributed by atoms with E-state index in [2.05, 4.69) is 5.32 Å². The van der Waals surface area contributed by atoms with Crippen LogP contribution in [0.5, 0.6) is 0 Å². The van der Waals surface area contributed by atoms with Crippen molar-refractivity contribution in [1.29, 1.82) is 5.26 Å². The number of aromatic nitrogens is 1. The molecule has 2 heterocycles. The highest BCUT2D eigenvalue weighted by molar-refractivity contribution is 6.47. The van der Waals surface area contributed by atoms with Crippen molar-refractivity contribution < 1.29 is 18.4 Å². The standard InChI is InChI=1S/C23H13F2N3O2/c24-16-7-8-20(19(25)11-16)27-23(30)22(29)21-18(12-17-6-1-2-9-28(17)21)15-5-3-4-14(10-15)13-26/h1-12H,(H,27,30). The Labute approximate surface area is 169 Å². The Balaban J connectivity index is 1.80. The minimum absolute atomic E-state index is 0.0701. The van der Waals surface area contributed by atoms with Crippen LogP contribution in [-0.2, 0) is 4.79 Å². The maximum absolute atomic E-state index is 13.9. The second-order valence-corrected chi connectivity index (χ2v) is 6.50. The second kappa shape index (κ2) is 7.60. The van der Waals surface area contributed by atoms with Crippen molar-refractivity contribution in [2.45, 2.75) is 0 Å². The quantitative estimate of drug-likeness (QED) is 0.402. The van der Waals surface area contributed by atoms with E-state index >= 15 is 0 Å². The smallest absolute Gasteiger partial charge is 0.298 e. The van der Waals surface area contributed by atoms with Gasteiger partial charge in [0.05, 0.1) is 17.3 Å². The number of halogens is 2. The fraction of sp³-hybridized carbons (Fsp3) is 0. The number of nitrogens with one attached hydrogen (secondary N) is 1. The fourth-order valence-corrected chi connectivity index (χ4v) is 3.21. The molecule has 0 atom stereocenters. The maximum Gasteiger partial charge on any atom is 0.298 e. The molecule has 30 heavy (non-hydrogen) atoms.